The van der Waals surface area contributed by atoms with Crippen LogP contribution in [-0.2, 0) is 13.0 Å². The normalized spacial score (nSPS) is 13.9. The summed E-state index contributed by atoms with van der Waals surface area (Å²) >= 11 is 0. The Morgan fingerprint density at radius 3 is 2.86 bits per heavy atom. The number of hydrogen-bond donors (Lipinski definition) is 1. The van der Waals surface area contributed by atoms with Crippen molar-refractivity contribution in [3.05, 3.63) is 63.2 Å². The van der Waals surface area contributed by atoms with Gasteiger partial charge in [0, 0.05) is 24.8 Å². The topological polar surface area (TPSA) is 72.4 Å². The van der Waals surface area contributed by atoms with E-state index in [1.807, 2.05) is 31.2 Å². The minimum atomic E-state index is -0.316. The van der Waals surface area contributed by atoms with Gasteiger partial charge in [0.15, 0.2) is 0 Å². The van der Waals surface area contributed by atoms with Gasteiger partial charge in [-0.15, -0.1) is 0 Å². The molecule has 2 aromatic rings. The van der Waals surface area contributed by atoms with Crippen molar-refractivity contribution in [2.24, 2.45) is 0 Å². The van der Waals surface area contributed by atoms with Crippen LogP contribution in [0.1, 0.15) is 16.7 Å². The zero-order chi connectivity index (χ0) is 15.0. The van der Waals surface area contributed by atoms with E-state index in [1.165, 1.54) is 5.56 Å². The van der Waals surface area contributed by atoms with Crippen LogP contribution in [0.15, 0.2) is 36.4 Å². The van der Waals surface area contributed by atoms with Gasteiger partial charge >= 0.3 is 0 Å². The number of anilines is 2. The monoisotopic (exact) mass is 283 g/mol. The summed E-state index contributed by atoms with van der Waals surface area (Å²) in [6.07, 6.45) is 0.813. The Hall–Kier alpha value is -2.56. The van der Waals surface area contributed by atoms with Crippen LogP contribution in [0.5, 0.6) is 0 Å². The average Bonchev–Trinajstić information content (AvgIpc) is 2.46. The molecule has 108 valence electrons. The Balaban J connectivity index is 2.00. The molecule has 0 spiro atoms. The fourth-order valence-corrected chi connectivity index (χ4v) is 2.89. The van der Waals surface area contributed by atoms with E-state index in [2.05, 4.69) is 4.90 Å². The van der Waals surface area contributed by atoms with Crippen molar-refractivity contribution in [1.82, 2.24) is 0 Å². The maximum atomic E-state index is 11.2. The first-order valence-electron chi connectivity index (χ1n) is 6.92. The van der Waals surface area contributed by atoms with Crippen molar-refractivity contribution < 1.29 is 4.92 Å². The van der Waals surface area contributed by atoms with Gasteiger partial charge in [-0.2, -0.15) is 0 Å². The molecule has 1 aliphatic rings. The summed E-state index contributed by atoms with van der Waals surface area (Å²) in [5.41, 5.74) is 11.0. The zero-order valence-corrected chi connectivity index (χ0v) is 11.9. The smallest absolute Gasteiger partial charge is 0.292 e. The van der Waals surface area contributed by atoms with E-state index in [-0.39, 0.29) is 10.6 Å². The van der Waals surface area contributed by atoms with Crippen molar-refractivity contribution in [3.8, 4) is 0 Å². The number of hydrogen-bond acceptors (Lipinski definition) is 4. The van der Waals surface area contributed by atoms with Gasteiger partial charge in [-0.25, -0.2) is 0 Å². The van der Waals surface area contributed by atoms with Crippen LogP contribution in [0.25, 0.3) is 0 Å². The lowest BCUT2D eigenvalue weighted by atomic mass is 9.97. The van der Waals surface area contributed by atoms with Crippen molar-refractivity contribution in [3.63, 3.8) is 0 Å². The average molecular weight is 283 g/mol. The number of rotatable bonds is 2. The molecule has 21 heavy (non-hydrogen) atoms. The molecule has 0 bridgehead atoms. The summed E-state index contributed by atoms with van der Waals surface area (Å²) in [7, 11) is 0. The van der Waals surface area contributed by atoms with Crippen LogP contribution in [0.3, 0.4) is 0 Å². The maximum absolute atomic E-state index is 11.2. The fraction of sp³-hybridized carbons (Fsp3) is 0.250. The Morgan fingerprint density at radius 2 is 2.10 bits per heavy atom. The zero-order valence-electron chi connectivity index (χ0n) is 11.9. The van der Waals surface area contributed by atoms with Gasteiger partial charge < -0.3 is 10.6 Å². The SMILES string of the molecule is Cc1ccc([N+](=O)[O-])c(N2CCc3c(N)cccc3C2)c1. The molecule has 0 amide bonds. The molecule has 0 saturated carbocycles. The van der Waals surface area contributed by atoms with E-state index in [1.54, 1.807) is 12.1 Å². The van der Waals surface area contributed by atoms with Gasteiger partial charge in [-0.1, -0.05) is 18.2 Å². The van der Waals surface area contributed by atoms with Gasteiger partial charge in [0.1, 0.15) is 5.69 Å². The molecule has 0 aromatic heterocycles. The number of nitrogens with zero attached hydrogens (tertiary/aromatic N) is 2. The van der Waals surface area contributed by atoms with E-state index in [4.69, 9.17) is 5.73 Å². The van der Waals surface area contributed by atoms with Gasteiger partial charge in [0.2, 0.25) is 0 Å². The second-order valence-electron chi connectivity index (χ2n) is 5.41. The molecular formula is C16H17N3O2. The number of nitro benzene ring substituents is 1. The van der Waals surface area contributed by atoms with Crippen molar-refractivity contribution >= 4 is 17.1 Å². The molecule has 1 aliphatic heterocycles. The third kappa shape index (κ3) is 2.42. The molecule has 0 aliphatic carbocycles. The second kappa shape index (κ2) is 5.09. The highest BCUT2D eigenvalue weighted by Crippen LogP contribution is 2.34. The van der Waals surface area contributed by atoms with Gasteiger partial charge in [-0.05, 0) is 42.2 Å². The first kappa shape index (κ1) is 13.4. The third-order valence-electron chi connectivity index (χ3n) is 3.97. The van der Waals surface area contributed by atoms with E-state index in [9.17, 15) is 10.1 Å². The van der Waals surface area contributed by atoms with Gasteiger partial charge in [0.05, 0.1) is 4.92 Å². The van der Waals surface area contributed by atoms with Crippen molar-refractivity contribution in [2.75, 3.05) is 17.2 Å². The molecule has 0 radical (unpaired) electrons. The van der Waals surface area contributed by atoms with Crippen LogP contribution in [0, 0.1) is 17.0 Å². The quantitative estimate of drug-likeness (QED) is 0.522. The molecule has 2 aromatic carbocycles. The number of nitrogen functional groups attached to an aromatic ring is 1. The summed E-state index contributed by atoms with van der Waals surface area (Å²) < 4.78 is 0. The standard InChI is InChI=1S/C16H17N3O2/c1-11-5-6-15(19(20)21)16(9-11)18-8-7-13-12(10-18)3-2-4-14(13)17/h2-6,9H,7-8,10,17H2,1H3. The Kier molecular flexibility index (Phi) is 3.25. The minimum absolute atomic E-state index is 0.160. The molecule has 2 N–H and O–H groups in total. The van der Waals surface area contributed by atoms with Crippen molar-refractivity contribution in [2.45, 2.75) is 19.9 Å². The molecule has 0 atom stereocenters. The molecule has 0 unspecified atom stereocenters. The minimum Gasteiger partial charge on any atom is -0.398 e. The third-order valence-corrected chi connectivity index (χ3v) is 3.97. The number of benzene rings is 2. The fourth-order valence-electron chi connectivity index (χ4n) is 2.89. The van der Waals surface area contributed by atoms with E-state index in [0.717, 1.165) is 29.8 Å². The second-order valence-corrected chi connectivity index (χ2v) is 5.41. The van der Waals surface area contributed by atoms with Crippen LogP contribution in [-0.4, -0.2) is 11.5 Å². The summed E-state index contributed by atoms with van der Waals surface area (Å²) in [6.45, 7) is 3.35. The number of nitrogens with two attached hydrogens (primary N) is 1. The number of fused-ring (bicyclic) bond motifs is 1. The molecule has 0 saturated heterocycles. The molecular weight excluding hydrogens is 266 g/mol. The maximum Gasteiger partial charge on any atom is 0.292 e. The lowest BCUT2D eigenvalue weighted by Crippen LogP contribution is -2.31. The Morgan fingerprint density at radius 1 is 1.29 bits per heavy atom. The van der Waals surface area contributed by atoms with Crippen LogP contribution >= 0.6 is 0 Å². The molecule has 0 fully saturated rings. The van der Waals surface area contributed by atoms with Gasteiger partial charge in [0.25, 0.3) is 5.69 Å². The number of nitro groups is 1. The molecule has 1 heterocycles. The predicted octanol–water partition coefficient (Wildman–Crippen LogP) is 3.05. The first-order chi connectivity index (χ1) is 10.1. The lowest BCUT2D eigenvalue weighted by molar-refractivity contribution is -0.384. The van der Waals surface area contributed by atoms with Crippen LogP contribution in [0.2, 0.25) is 0 Å². The van der Waals surface area contributed by atoms with Crippen LogP contribution < -0.4 is 10.6 Å². The summed E-state index contributed by atoms with van der Waals surface area (Å²) in [4.78, 5) is 13.0. The van der Waals surface area contributed by atoms with Crippen molar-refractivity contribution in [1.29, 1.82) is 0 Å². The molecule has 5 nitrogen and oxygen atoms in total. The molecule has 3 rings (SSSR count). The summed E-state index contributed by atoms with van der Waals surface area (Å²) in [5.74, 6) is 0. The van der Waals surface area contributed by atoms with Crippen LogP contribution in [0.4, 0.5) is 17.1 Å². The lowest BCUT2D eigenvalue weighted by Gasteiger charge is -2.31. The Labute approximate surface area is 123 Å². The van der Waals surface area contributed by atoms with E-state index >= 15 is 0 Å². The molecule has 5 heteroatoms. The van der Waals surface area contributed by atoms with E-state index < -0.39 is 0 Å². The predicted molar refractivity (Wildman–Crippen MR) is 83.4 cm³/mol. The highest BCUT2D eigenvalue weighted by Gasteiger charge is 2.24. The highest BCUT2D eigenvalue weighted by atomic mass is 16.6. The summed E-state index contributed by atoms with van der Waals surface area (Å²) in [5, 5.41) is 11.2. The summed E-state index contributed by atoms with van der Waals surface area (Å²) in [6, 6.07) is 11.1. The highest BCUT2D eigenvalue weighted by molar-refractivity contribution is 5.66. The number of aryl methyl sites for hydroxylation is 1. The Bertz CT molecular complexity index is 713. The van der Waals surface area contributed by atoms with Gasteiger partial charge in [-0.3, -0.25) is 10.1 Å². The van der Waals surface area contributed by atoms with E-state index in [0.29, 0.717) is 12.2 Å². The first-order valence-corrected chi connectivity index (χ1v) is 6.92. The largest absolute Gasteiger partial charge is 0.398 e.